The third-order valence-corrected chi connectivity index (χ3v) is 12.5. The summed E-state index contributed by atoms with van der Waals surface area (Å²) >= 11 is 7.57. The normalized spacial score (nSPS) is 41.2. The van der Waals surface area contributed by atoms with Gasteiger partial charge in [0.25, 0.3) is 0 Å². The second-order valence-corrected chi connectivity index (χ2v) is 14.2. The molecule has 1 saturated heterocycles. The zero-order valence-electron chi connectivity index (χ0n) is 24.5. The maximum atomic E-state index is 13.8. The Kier molecular flexibility index (Phi) is 6.62. The average molecular weight is 604 g/mol. The number of Topliss-reactive ketones (excluding diaryl/α,β-unsaturated/α-hetero) is 1. The fourth-order valence-electron chi connectivity index (χ4n) is 9.44. The highest BCUT2D eigenvalue weighted by Crippen LogP contribution is 2.73. The number of allylic oxidation sites excluding steroid dienone is 4. The van der Waals surface area contributed by atoms with E-state index in [0.29, 0.717) is 31.4 Å². The molecule has 7 rings (SSSR count). The van der Waals surface area contributed by atoms with Crippen LogP contribution in [0.5, 0.6) is 0 Å². The minimum atomic E-state index is -1.43. The van der Waals surface area contributed by atoms with Crippen molar-refractivity contribution in [2.75, 3.05) is 12.3 Å². The first kappa shape index (κ1) is 28.9. The topological polar surface area (TPSA) is 119 Å². The average Bonchev–Trinajstić information content (AvgIpc) is 3.49. The van der Waals surface area contributed by atoms with Gasteiger partial charge in [0, 0.05) is 22.1 Å². The number of nitrogen functional groups attached to an aromatic ring is 1. The van der Waals surface area contributed by atoms with E-state index in [1.165, 1.54) is 0 Å². The van der Waals surface area contributed by atoms with Crippen LogP contribution in [0.25, 0.3) is 0 Å². The second kappa shape index (κ2) is 9.85. The lowest BCUT2D eigenvalue weighted by atomic mass is 9.45. The number of alkyl halides is 1. The number of halogens is 1. The van der Waals surface area contributed by atoms with Crippen molar-refractivity contribution in [1.82, 2.24) is 0 Å². The fraction of sp³-hybridized carbons (Fsp3) is 0.486. The molecule has 0 bridgehead atoms. The van der Waals surface area contributed by atoms with Gasteiger partial charge >= 0.3 is 0 Å². The molecule has 0 spiro atoms. The van der Waals surface area contributed by atoms with Gasteiger partial charge in [-0.25, -0.2) is 0 Å². The number of hydrogen-bond donors (Lipinski definition) is 3. The maximum Gasteiger partial charge on any atom is 0.193 e. The molecule has 2 aromatic rings. The molecule has 4 fully saturated rings. The van der Waals surface area contributed by atoms with E-state index in [1.807, 2.05) is 68.5 Å². The molecule has 3 saturated carbocycles. The standard InChI is InChI=1S/C35H38ClNO6/c1-32-13-12-25(39)16-23(32)8-11-26-27-17-30-35(29(41)19-38,33(27,2)18-28(40)34(26,32)36)43-31(42-30)22-5-3-4-21(15-22)14-20-6-9-24(37)10-7-20/h3-7,9-10,12-13,15-16,26-28,30-31,38,40H,8,11,14,17-19,37H2,1-2H3/t26-,27-,28-,30+,31+,32-,33-,34-,35+/m0/s1. The molecule has 4 aliphatic carbocycles. The first-order chi connectivity index (χ1) is 20.5. The number of carbonyl (C=O) groups excluding carboxylic acids is 2. The lowest BCUT2D eigenvalue weighted by Gasteiger charge is -2.64. The van der Waals surface area contributed by atoms with E-state index in [-0.39, 0.29) is 24.0 Å². The summed E-state index contributed by atoms with van der Waals surface area (Å²) in [6.07, 6.45) is 5.48. The van der Waals surface area contributed by atoms with Crippen LogP contribution in [0.1, 0.15) is 62.5 Å². The Morgan fingerprint density at radius 3 is 2.63 bits per heavy atom. The van der Waals surface area contributed by atoms with Gasteiger partial charge in [-0.1, -0.05) is 61.9 Å². The molecule has 0 unspecified atom stereocenters. The van der Waals surface area contributed by atoms with Gasteiger partial charge in [-0.2, -0.15) is 0 Å². The molecule has 7 nitrogen and oxygen atoms in total. The zero-order chi connectivity index (χ0) is 30.4. The smallest absolute Gasteiger partial charge is 0.193 e. The van der Waals surface area contributed by atoms with Crippen LogP contribution >= 0.6 is 11.6 Å². The molecule has 0 aromatic heterocycles. The molecule has 2 aromatic carbocycles. The van der Waals surface area contributed by atoms with Gasteiger partial charge in [-0.15, -0.1) is 11.6 Å². The number of carbonyl (C=O) groups is 2. The van der Waals surface area contributed by atoms with Gasteiger partial charge in [-0.05, 0) is 79.4 Å². The van der Waals surface area contributed by atoms with Crippen LogP contribution in [0.2, 0.25) is 0 Å². The predicted octanol–water partition coefficient (Wildman–Crippen LogP) is 4.82. The van der Waals surface area contributed by atoms with Crippen molar-refractivity contribution in [3.8, 4) is 0 Å². The van der Waals surface area contributed by atoms with Crippen LogP contribution in [-0.4, -0.2) is 51.1 Å². The minimum absolute atomic E-state index is 0.0606. The van der Waals surface area contributed by atoms with Crippen molar-refractivity contribution < 1.29 is 29.3 Å². The van der Waals surface area contributed by atoms with Crippen molar-refractivity contribution in [2.45, 2.75) is 74.9 Å². The fourth-order valence-corrected chi connectivity index (χ4v) is 9.97. The van der Waals surface area contributed by atoms with Gasteiger partial charge in [0.2, 0.25) is 0 Å². The maximum absolute atomic E-state index is 13.8. The summed E-state index contributed by atoms with van der Waals surface area (Å²) in [5, 5.41) is 22.2. The van der Waals surface area contributed by atoms with E-state index in [9.17, 15) is 19.8 Å². The Balaban J connectivity index is 1.22. The molecule has 1 heterocycles. The number of fused-ring (bicyclic) bond motifs is 7. The molecule has 1 aliphatic heterocycles. The van der Waals surface area contributed by atoms with Crippen molar-refractivity contribution >= 4 is 28.9 Å². The van der Waals surface area contributed by atoms with Crippen molar-refractivity contribution in [3.63, 3.8) is 0 Å². The Hall–Kier alpha value is -2.81. The molecule has 9 atom stereocenters. The van der Waals surface area contributed by atoms with E-state index < -0.39 is 52.2 Å². The van der Waals surface area contributed by atoms with Crippen molar-refractivity contribution in [3.05, 3.63) is 89.0 Å². The largest absolute Gasteiger partial charge is 0.399 e. The van der Waals surface area contributed by atoms with Gasteiger partial charge < -0.3 is 25.4 Å². The van der Waals surface area contributed by atoms with Crippen LogP contribution in [0.15, 0.2) is 72.3 Å². The lowest BCUT2D eigenvalue weighted by Crippen LogP contribution is -2.69. The monoisotopic (exact) mass is 603 g/mol. The quantitative estimate of drug-likeness (QED) is 0.331. The minimum Gasteiger partial charge on any atom is -0.399 e. The zero-order valence-corrected chi connectivity index (χ0v) is 25.2. The number of aliphatic hydroxyl groups excluding tert-OH is 2. The van der Waals surface area contributed by atoms with Gasteiger partial charge in [0.1, 0.15) is 6.61 Å². The van der Waals surface area contributed by atoms with E-state index in [2.05, 4.69) is 0 Å². The summed E-state index contributed by atoms with van der Waals surface area (Å²) in [6, 6.07) is 15.7. The molecule has 0 amide bonds. The molecule has 0 radical (unpaired) electrons. The highest BCUT2D eigenvalue weighted by molar-refractivity contribution is 6.26. The molecule has 43 heavy (non-hydrogen) atoms. The van der Waals surface area contributed by atoms with Crippen LogP contribution in [0.3, 0.4) is 0 Å². The van der Waals surface area contributed by atoms with E-state index in [1.54, 1.807) is 12.2 Å². The summed E-state index contributed by atoms with van der Waals surface area (Å²) in [6.45, 7) is 3.33. The highest BCUT2D eigenvalue weighted by Gasteiger charge is 2.78. The van der Waals surface area contributed by atoms with Crippen LogP contribution < -0.4 is 5.73 Å². The number of hydrogen-bond acceptors (Lipinski definition) is 7. The Morgan fingerprint density at radius 2 is 1.88 bits per heavy atom. The second-order valence-electron chi connectivity index (χ2n) is 13.6. The molecule has 226 valence electrons. The van der Waals surface area contributed by atoms with Crippen molar-refractivity contribution in [2.24, 2.45) is 22.7 Å². The van der Waals surface area contributed by atoms with Gasteiger partial charge in [0.05, 0.1) is 17.1 Å². The molecule has 5 aliphatic rings. The summed E-state index contributed by atoms with van der Waals surface area (Å²) in [7, 11) is 0. The van der Waals surface area contributed by atoms with Crippen molar-refractivity contribution in [1.29, 1.82) is 0 Å². The number of rotatable bonds is 5. The highest BCUT2D eigenvalue weighted by atomic mass is 35.5. The first-order valence-electron chi connectivity index (χ1n) is 15.2. The van der Waals surface area contributed by atoms with Crippen LogP contribution in [-0.2, 0) is 25.5 Å². The Morgan fingerprint density at radius 1 is 1.12 bits per heavy atom. The van der Waals surface area contributed by atoms with Gasteiger partial charge in [0.15, 0.2) is 23.5 Å². The SMILES string of the molecule is C[C@]12C=CC(=O)C=C1CC[C@H]1[C@@H]3C[C@H]4O[C@@H](c5cccc(Cc6ccc(N)cc6)c5)O[C@@]4(C(=O)CO)[C@@]3(C)C[C@H](O)[C@@]12Cl. The van der Waals surface area contributed by atoms with E-state index in [0.717, 1.165) is 22.3 Å². The molecular formula is C35H38ClNO6. The summed E-state index contributed by atoms with van der Waals surface area (Å²) in [4.78, 5) is 25.0. The summed E-state index contributed by atoms with van der Waals surface area (Å²) < 4.78 is 13.3. The number of ketones is 2. The number of aliphatic hydroxyl groups is 2. The first-order valence-corrected chi connectivity index (χ1v) is 15.6. The van der Waals surface area contributed by atoms with Crippen LogP contribution in [0, 0.1) is 22.7 Å². The molecule has 8 heteroatoms. The molecule has 4 N–H and O–H groups in total. The van der Waals surface area contributed by atoms with Crippen LogP contribution in [0.4, 0.5) is 5.69 Å². The lowest BCUT2D eigenvalue weighted by molar-refractivity contribution is -0.197. The van der Waals surface area contributed by atoms with E-state index >= 15 is 0 Å². The summed E-state index contributed by atoms with van der Waals surface area (Å²) in [5.74, 6) is -0.750. The number of ether oxygens (including phenoxy) is 2. The number of benzene rings is 2. The third kappa shape index (κ3) is 3.88. The molecular weight excluding hydrogens is 566 g/mol. The third-order valence-electron chi connectivity index (χ3n) is 11.6. The predicted molar refractivity (Wildman–Crippen MR) is 162 cm³/mol. The van der Waals surface area contributed by atoms with Gasteiger partial charge in [-0.3, -0.25) is 9.59 Å². The summed E-state index contributed by atoms with van der Waals surface area (Å²) in [5.41, 5.74) is 7.53. The Labute approximate surface area is 256 Å². The number of anilines is 1. The number of nitrogens with two attached hydrogens (primary N) is 1. The Bertz CT molecular complexity index is 1550. The van der Waals surface area contributed by atoms with E-state index in [4.69, 9.17) is 26.8 Å².